The molecule has 1 spiro atoms. The number of hydrogen-bond acceptors (Lipinski definition) is 7. The van der Waals surface area contributed by atoms with E-state index in [2.05, 4.69) is 15.0 Å². The predicted octanol–water partition coefficient (Wildman–Crippen LogP) is 3.78. The number of halogens is 1. The summed E-state index contributed by atoms with van der Waals surface area (Å²) in [6.07, 6.45) is 7.64. The third kappa shape index (κ3) is 2.87. The summed E-state index contributed by atoms with van der Waals surface area (Å²) in [6.45, 7) is 1.27. The fraction of sp³-hybridized carbons (Fsp3) is 0.208. The standard InChI is InChI=1S/C24H19FN4O3/c25-20-9-16(14-3-5-30-6-4-14)8-19-22(20)32-21-2-1-15(17-10-27-13-28-11-17)7-18(21)24(19)12-31-23(26)29-24/h1-3,7-11,13H,4-6,12H2,(H2,26,29)/t24-/m0/s1. The molecule has 3 aliphatic rings. The number of rotatable bonds is 2. The molecule has 0 bridgehead atoms. The Balaban J connectivity index is 1.56. The Bertz CT molecular complexity index is 1290. The van der Waals surface area contributed by atoms with Crippen LogP contribution in [0.25, 0.3) is 16.7 Å². The molecule has 0 aliphatic carbocycles. The smallest absolute Gasteiger partial charge is 0.283 e. The van der Waals surface area contributed by atoms with E-state index in [4.69, 9.17) is 19.9 Å². The highest BCUT2D eigenvalue weighted by Gasteiger charge is 2.48. The van der Waals surface area contributed by atoms with Gasteiger partial charge in [0.2, 0.25) is 0 Å². The normalized spacial score (nSPS) is 21.2. The molecular formula is C24H19FN4O3. The summed E-state index contributed by atoms with van der Waals surface area (Å²) in [7, 11) is 0. The van der Waals surface area contributed by atoms with E-state index < -0.39 is 11.4 Å². The second-order valence-electron chi connectivity index (χ2n) is 7.93. The lowest BCUT2D eigenvalue weighted by Gasteiger charge is -2.34. The van der Waals surface area contributed by atoms with Gasteiger partial charge >= 0.3 is 0 Å². The van der Waals surface area contributed by atoms with Gasteiger partial charge in [0, 0.05) is 29.1 Å². The van der Waals surface area contributed by atoms with E-state index in [0.717, 1.165) is 27.8 Å². The van der Waals surface area contributed by atoms with Crippen molar-refractivity contribution in [1.82, 2.24) is 9.97 Å². The van der Waals surface area contributed by atoms with Gasteiger partial charge in [0.05, 0.1) is 13.2 Å². The van der Waals surface area contributed by atoms with Crippen LogP contribution in [0.1, 0.15) is 23.1 Å². The van der Waals surface area contributed by atoms with Gasteiger partial charge in [-0.25, -0.2) is 19.4 Å². The maximum Gasteiger partial charge on any atom is 0.283 e. The maximum absolute atomic E-state index is 15.3. The van der Waals surface area contributed by atoms with Gasteiger partial charge < -0.3 is 19.9 Å². The fourth-order valence-corrected chi connectivity index (χ4v) is 4.51. The zero-order valence-electron chi connectivity index (χ0n) is 17.0. The van der Waals surface area contributed by atoms with Crippen molar-refractivity contribution >= 4 is 11.6 Å². The highest BCUT2D eigenvalue weighted by atomic mass is 19.1. The van der Waals surface area contributed by atoms with Gasteiger partial charge in [0.25, 0.3) is 6.02 Å². The van der Waals surface area contributed by atoms with Crippen molar-refractivity contribution in [3.8, 4) is 22.6 Å². The van der Waals surface area contributed by atoms with Gasteiger partial charge in [0.1, 0.15) is 18.7 Å². The molecule has 4 heterocycles. The largest absolute Gasteiger partial charge is 0.462 e. The first kappa shape index (κ1) is 18.9. The number of nitrogens with zero attached hydrogens (tertiary/aromatic N) is 3. The van der Waals surface area contributed by atoms with Gasteiger partial charge in [0.15, 0.2) is 17.1 Å². The average molecular weight is 430 g/mol. The zero-order chi connectivity index (χ0) is 21.7. The van der Waals surface area contributed by atoms with Gasteiger partial charge in [-0.15, -0.1) is 0 Å². The lowest BCUT2D eigenvalue weighted by atomic mass is 9.79. The lowest BCUT2D eigenvalue weighted by molar-refractivity contribution is 0.161. The highest BCUT2D eigenvalue weighted by molar-refractivity contribution is 5.79. The number of nitrogens with two attached hydrogens (primary N) is 1. The first-order valence-corrected chi connectivity index (χ1v) is 10.3. The van der Waals surface area contributed by atoms with Crippen molar-refractivity contribution in [3.63, 3.8) is 0 Å². The summed E-state index contributed by atoms with van der Waals surface area (Å²) in [5, 5.41) is 0. The Morgan fingerprint density at radius 3 is 2.59 bits per heavy atom. The summed E-state index contributed by atoms with van der Waals surface area (Å²) in [5.74, 6) is 0.208. The number of amidine groups is 1. The molecule has 6 rings (SSSR count). The van der Waals surface area contributed by atoms with Crippen molar-refractivity contribution in [1.29, 1.82) is 0 Å². The second-order valence-corrected chi connectivity index (χ2v) is 7.93. The predicted molar refractivity (Wildman–Crippen MR) is 116 cm³/mol. The molecule has 0 saturated carbocycles. The summed E-state index contributed by atoms with van der Waals surface area (Å²) in [6, 6.07) is 9.16. The van der Waals surface area contributed by atoms with Crippen LogP contribution in [0.3, 0.4) is 0 Å². The molecule has 3 aromatic rings. The Labute approximate surface area is 183 Å². The van der Waals surface area contributed by atoms with Crippen LogP contribution in [0.4, 0.5) is 4.39 Å². The summed E-state index contributed by atoms with van der Waals surface area (Å²) in [5.41, 5.74) is 9.85. The molecule has 1 aromatic heterocycles. The van der Waals surface area contributed by atoms with Crippen LogP contribution in [0.5, 0.6) is 11.5 Å². The van der Waals surface area contributed by atoms with Crippen molar-refractivity contribution in [3.05, 3.63) is 77.6 Å². The zero-order valence-corrected chi connectivity index (χ0v) is 17.0. The molecule has 2 N–H and O–H groups in total. The molecule has 8 heteroatoms. The SMILES string of the molecule is NC1=N[C@@]2(CO1)c1cc(-c3cncnc3)ccc1Oc1c(F)cc(C3=CCOCC3)cc12. The van der Waals surface area contributed by atoms with Crippen LogP contribution in [-0.2, 0) is 15.0 Å². The van der Waals surface area contributed by atoms with Crippen LogP contribution in [0, 0.1) is 5.82 Å². The number of hydrogen-bond donors (Lipinski definition) is 1. The van der Waals surface area contributed by atoms with Crippen LogP contribution in [0.15, 0.2) is 60.1 Å². The molecule has 0 fully saturated rings. The number of aliphatic imine (C=N–C) groups is 1. The van der Waals surface area contributed by atoms with E-state index in [1.54, 1.807) is 18.5 Å². The monoisotopic (exact) mass is 430 g/mol. The molecule has 0 radical (unpaired) electrons. The van der Waals surface area contributed by atoms with E-state index >= 15 is 4.39 Å². The van der Waals surface area contributed by atoms with E-state index in [0.29, 0.717) is 30.9 Å². The molecule has 160 valence electrons. The number of fused-ring (bicyclic) bond motifs is 4. The summed E-state index contributed by atoms with van der Waals surface area (Å²) < 4.78 is 32.4. The first-order valence-electron chi connectivity index (χ1n) is 10.3. The minimum absolute atomic E-state index is 0.0633. The summed E-state index contributed by atoms with van der Waals surface area (Å²) in [4.78, 5) is 12.9. The van der Waals surface area contributed by atoms with Gasteiger partial charge in [-0.2, -0.15) is 0 Å². The average Bonchev–Trinajstić information content (AvgIpc) is 3.23. The minimum Gasteiger partial charge on any atom is -0.462 e. The second kappa shape index (κ2) is 7.13. The van der Waals surface area contributed by atoms with Crippen molar-refractivity contribution in [2.75, 3.05) is 19.8 Å². The first-order chi connectivity index (χ1) is 15.6. The van der Waals surface area contributed by atoms with Crippen LogP contribution < -0.4 is 10.5 Å². The molecular weight excluding hydrogens is 411 g/mol. The molecule has 1 atom stereocenters. The third-order valence-corrected chi connectivity index (χ3v) is 6.08. The van der Waals surface area contributed by atoms with Gasteiger partial charge in [-0.05, 0) is 47.4 Å². The van der Waals surface area contributed by atoms with E-state index in [1.165, 1.54) is 12.4 Å². The van der Waals surface area contributed by atoms with E-state index in [9.17, 15) is 0 Å². The van der Waals surface area contributed by atoms with Crippen LogP contribution in [-0.4, -0.2) is 35.8 Å². The Kier molecular flexibility index (Phi) is 4.22. The quantitative estimate of drug-likeness (QED) is 0.665. The molecule has 0 amide bonds. The van der Waals surface area contributed by atoms with E-state index in [1.807, 2.05) is 24.3 Å². The van der Waals surface area contributed by atoms with Gasteiger partial charge in [-0.1, -0.05) is 12.1 Å². The molecule has 0 unspecified atom stereocenters. The number of aromatic nitrogens is 2. The van der Waals surface area contributed by atoms with E-state index in [-0.39, 0.29) is 18.4 Å². The Morgan fingerprint density at radius 1 is 1.00 bits per heavy atom. The fourth-order valence-electron chi connectivity index (χ4n) is 4.51. The Morgan fingerprint density at radius 2 is 1.84 bits per heavy atom. The third-order valence-electron chi connectivity index (χ3n) is 6.08. The molecule has 32 heavy (non-hydrogen) atoms. The van der Waals surface area contributed by atoms with Crippen LogP contribution in [0.2, 0.25) is 0 Å². The number of ether oxygens (including phenoxy) is 3. The summed E-state index contributed by atoms with van der Waals surface area (Å²) >= 11 is 0. The number of benzene rings is 2. The molecule has 3 aliphatic heterocycles. The van der Waals surface area contributed by atoms with Crippen molar-refractivity contribution < 1.29 is 18.6 Å². The molecule has 2 aromatic carbocycles. The maximum atomic E-state index is 15.3. The topological polar surface area (TPSA) is 91.9 Å². The molecule has 0 saturated heterocycles. The van der Waals surface area contributed by atoms with Crippen molar-refractivity contribution in [2.24, 2.45) is 10.7 Å². The Hall–Kier alpha value is -3.78. The lowest BCUT2D eigenvalue weighted by Crippen LogP contribution is -2.31. The minimum atomic E-state index is -1.01. The van der Waals surface area contributed by atoms with Crippen molar-refractivity contribution in [2.45, 2.75) is 12.0 Å². The molecule has 7 nitrogen and oxygen atoms in total. The van der Waals surface area contributed by atoms with Crippen LogP contribution >= 0.6 is 0 Å². The highest BCUT2D eigenvalue weighted by Crippen LogP contribution is 2.53. The van der Waals surface area contributed by atoms with Gasteiger partial charge in [-0.3, -0.25) is 0 Å².